The molecule has 1 aliphatic heterocycles. The molecular formula is C11H15N3O3. The second-order valence-electron chi connectivity index (χ2n) is 3.96. The van der Waals surface area contributed by atoms with Crippen LogP contribution < -0.4 is 4.90 Å². The van der Waals surface area contributed by atoms with Crippen molar-refractivity contribution in [2.24, 2.45) is 0 Å². The Labute approximate surface area is 99.2 Å². The van der Waals surface area contributed by atoms with Crippen molar-refractivity contribution in [3.8, 4) is 0 Å². The van der Waals surface area contributed by atoms with Gasteiger partial charge in [-0.1, -0.05) is 0 Å². The molecule has 1 aromatic heterocycles. The molecule has 0 bridgehead atoms. The van der Waals surface area contributed by atoms with Crippen LogP contribution in [0.3, 0.4) is 0 Å². The summed E-state index contributed by atoms with van der Waals surface area (Å²) in [6, 6.07) is 0. The monoisotopic (exact) mass is 237 g/mol. The van der Waals surface area contributed by atoms with Gasteiger partial charge in [-0.05, 0) is 6.92 Å². The van der Waals surface area contributed by atoms with E-state index in [2.05, 4.69) is 9.97 Å². The van der Waals surface area contributed by atoms with E-state index in [-0.39, 0.29) is 0 Å². The minimum atomic E-state index is -0.866. The Morgan fingerprint density at radius 1 is 1.53 bits per heavy atom. The molecule has 2 rings (SSSR count). The lowest BCUT2D eigenvalue weighted by Crippen LogP contribution is -2.37. The van der Waals surface area contributed by atoms with E-state index in [1.54, 1.807) is 13.1 Å². The summed E-state index contributed by atoms with van der Waals surface area (Å²) >= 11 is 0. The van der Waals surface area contributed by atoms with Crippen LogP contribution in [0, 0.1) is 0 Å². The van der Waals surface area contributed by atoms with Gasteiger partial charge in [-0.2, -0.15) is 0 Å². The third-order valence-electron chi connectivity index (χ3n) is 2.87. The van der Waals surface area contributed by atoms with Gasteiger partial charge in [0.2, 0.25) is 0 Å². The standard InChI is InChI=1S/C11H15N3O3/c1-8(11(15)16)9-6-12-7-13-10(9)14-2-4-17-5-3-14/h6-8H,2-5H2,1H3,(H,15,16). The highest BCUT2D eigenvalue weighted by Crippen LogP contribution is 2.25. The number of carboxylic acids is 1. The van der Waals surface area contributed by atoms with Crippen molar-refractivity contribution in [3.05, 3.63) is 18.1 Å². The molecule has 1 N–H and O–H groups in total. The Hall–Kier alpha value is -1.69. The van der Waals surface area contributed by atoms with Crippen LogP contribution in [0.4, 0.5) is 5.82 Å². The summed E-state index contributed by atoms with van der Waals surface area (Å²) in [4.78, 5) is 21.2. The zero-order chi connectivity index (χ0) is 12.3. The predicted molar refractivity (Wildman–Crippen MR) is 61.1 cm³/mol. The van der Waals surface area contributed by atoms with Gasteiger partial charge in [0.1, 0.15) is 12.1 Å². The van der Waals surface area contributed by atoms with E-state index >= 15 is 0 Å². The molecule has 1 atom stereocenters. The molecule has 0 aliphatic carbocycles. The fourth-order valence-electron chi connectivity index (χ4n) is 1.81. The molecule has 1 saturated heterocycles. The predicted octanol–water partition coefficient (Wildman–Crippen LogP) is 0.501. The van der Waals surface area contributed by atoms with Gasteiger partial charge in [0.25, 0.3) is 0 Å². The lowest BCUT2D eigenvalue weighted by atomic mass is 10.0. The molecule has 0 amide bonds. The lowest BCUT2D eigenvalue weighted by molar-refractivity contribution is -0.138. The smallest absolute Gasteiger partial charge is 0.310 e. The highest BCUT2D eigenvalue weighted by atomic mass is 16.5. The topological polar surface area (TPSA) is 75.5 Å². The fourth-order valence-corrected chi connectivity index (χ4v) is 1.81. The average Bonchev–Trinajstić information content (AvgIpc) is 2.39. The average molecular weight is 237 g/mol. The molecule has 0 spiro atoms. The van der Waals surface area contributed by atoms with Gasteiger partial charge in [0, 0.05) is 24.8 Å². The Bertz CT molecular complexity index is 405. The summed E-state index contributed by atoms with van der Waals surface area (Å²) in [5.74, 6) is -0.762. The first-order valence-electron chi connectivity index (χ1n) is 5.55. The normalized spacial score (nSPS) is 17.8. The number of hydrogen-bond donors (Lipinski definition) is 1. The Morgan fingerprint density at radius 3 is 2.88 bits per heavy atom. The van der Waals surface area contributed by atoms with E-state index in [4.69, 9.17) is 9.84 Å². The van der Waals surface area contributed by atoms with E-state index in [0.29, 0.717) is 24.6 Å². The number of anilines is 1. The first kappa shape index (κ1) is 11.8. The first-order chi connectivity index (χ1) is 8.20. The Balaban J connectivity index is 2.29. The molecule has 1 fully saturated rings. The number of morpholine rings is 1. The second-order valence-corrected chi connectivity index (χ2v) is 3.96. The van der Waals surface area contributed by atoms with Crippen LogP contribution in [0.25, 0.3) is 0 Å². The SMILES string of the molecule is CC(C(=O)O)c1cncnc1N1CCOCC1. The van der Waals surface area contributed by atoms with Crippen molar-refractivity contribution in [2.75, 3.05) is 31.2 Å². The van der Waals surface area contributed by atoms with Crippen LogP contribution in [0.2, 0.25) is 0 Å². The summed E-state index contributed by atoms with van der Waals surface area (Å²) in [5, 5.41) is 9.06. The molecule has 2 heterocycles. The number of carbonyl (C=O) groups is 1. The third kappa shape index (κ3) is 2.52. The van der Waals surface area contributed by atoms with E-state index in [0.717, 1.165) is 13.1 Å². The molecule has 6 heteroatoms. The summed E-state index contributed by atoms with van der Waals surface area (Å²) in [7, 11) is 0. The number of rotatable bonds is 3. The molecule has 92 valence electrons. The van der Waals surface area contributed by atoms with Crippen molar-refractivity contribution in [1.29, 1.82) is 0 Å². The van der Waals surface area contributed by atoms with Gasteiger partial charge in [-0.25, -0.2) is 9.97 Å². The van der Waals surface area contributed by atoms with Crippen LogP contribution in [0.1, 0.15) is 18.4 Å². The van der Waals surface area contributed by atoms with Crippen LogP contribution in [-0.2, 0) is 9.53 Å². The number of carboxylic acid groups (broad SMARTS) is 1. The Morgan fingerprint density at radius 2 is 2.24 bits per heavy atom. The van der Waals surface area contributed by atoms with Crippen molar-refractivity contribution >= 4 is 11.8 Å². The maximum Gasteiger partial charge on any atom is 0.310 e. The van der Waals surface area contributed by atoms with E-state index in [9.17, 15) is 4.79 Å². The number of aromatic nitrogens is 2. The van der Waals surface area contributed by atoms with Gasteiger partial charge in [-0.3, -0.25) is 4.79 Å². The molecule has 1 unspecified atom stereocenters. The van der Waals surface area contributed by atoms with E-state index < -0.39 is 11.9 Å². The zero-order valence-corrected chi connectivity index (χ0v) is 9.67. The molecule has 1 aliphatic rings. The highest BCUT2D eigenvalue weighted by molar-refractivity contribution is 5.77. The second kappa shape index (κ2) is 5.09. The summed E-state index contributed by atoms with van der Waals surface area (Å²) in [6.07, 6.45) is 3.03. The van der Waals surface area contributed by atoms with Crippen LogP contribution in [-0.4, -0.2) is 47.3 Å². The quantitative estimate of drug-likeness (QED) is 0.825. The zero-order valence-electron chi connectivity index (χ0n) is 9.67. The molecular weight excluding hydrogens is 222 g/mol. The fraction of sp³-hybridized carbons (Fsp3) is 0.545. The third-order valence-corrected chi connectivity index (χ3v) is 2.87. The molecule has 1 aromatic rings. The molecule has 17 heavy (non-hydrogen) atoms. The van der Waals surface area contributed by atoms with Gasteiger partial charge in [-0.15, -0.1) is 0 Å². The highest BCUT2D eigenvalue weighted by Gasteiger charge is 2.23. The van der Waals surface area contributed by atoms with Crippen LogP contribution in [0.5, 0.6) is 0 Å². The molecule has 0 saturated carbocycles. The summed E-state index contributed by atoms with van der Waals surface area (Å²) in [6.45, 7) is 4.40. The van der Waals surface area contributed by atoms with Crippen molar-refractivity contribution in [2.45, 2.75) is 12.8 Å². The largest absolute Gasteiger partial charge is 0.481 e. The maximum atomic E-state index is 11.0. The van der Waals surface area contributed by atoms with Crippen LogP contribution in [0.15, 0.2) is 12.5 Å². The lowest BCUT2D eigenvalue weighted by Gasteiger charge is -2.29. The molecule has 0 aromatic carbocycles. The summed E-state index contributed by atoms with van der Waals surface area (Å²) < 4.78 is 5.27. The van der Waals surface area contributed by atoms with E-state index in [1.165, 1.54) is 6.33 Å². The van der Waals surface area contributed by atoms with Gasteiger partial charge < -0.3 is 14.7 Å². The van der Waals surface area contributed by atoms with Crippen molar-refractivity contribution < 1.29 is 14.6 Å². The molecule has 0 radical (unpaired) electrons. The minimum absolute atomic E-state index is 0.603. The first-order valence-corrected chi connectivity index (χ1v) is 5.55. The maximum absolute atomic E-state index is 11.0. The Kier molecular flexibility index (Phi) is 3.53. The summed E-state index contributed by atoms with van der Waals surface area (Å²) in [5.41, 5.74) is 0.655. The minimum Gasteiger partial charge on any atom is -0.481 e. The number of hydrogen-bond acceptors (Lipinski definition) is 5. The number of nitrogens with zero attached hydrogens (tertiary/aromatic N) is 3. The number of ether oxygens (including phenoxy) is 1. The van der Waals surface area contributed by atoms with E-state index in [1.807, 2.05) is 4.90 Å². The van der Waals surface area contributed by atoms with Gasteiger partial charge >= 0.3 is 5.97 Å². The van der Waals surface area contributed by atoms with Crippen LogP contribution >= 0.6 is 0 Å². The van der Waals surface area contributed by atoms with Crippen molar-refractivity contribution in [1.82, 2.24) is 9.97 Å². The number of aliphatic carboxylic acids is 1. The van der Waals surface area contributed by atoms with Gasteiger partial charge in [0.15, 0.2) is 0 Å². The van der Waals surface area contributed by atoms with Crippen molar-refractivity contribution in [3.63, 3.8) is 0 Å². The van der Waals surface area contributed by atoms with Gasteiger partial charge in [0.05, 0.1) is 19.1 Å². The molecule has 6 nitrogen and oxygen atoms in total.